The van der Waals surface area contributed by atoms with E-state index in [4.69, 9.17) is 9.72 Å². The van der Waals surface area contributed by atoms with Crippen LogP contribution in [0.2, 0.25) is 0 Å². The van der Waals surface area contributed by atoms with E-state index in [-0.39, 0.29) is 17.9 Å². The van der Waals surface area contributed by atoms with Gasteiger partial charge in [0.15, 0.2) is 0 Å². The molecule has 2 fully saturated rings. The maximum Gasteiger partial charge on any atom is 0.407 e. The first kappa shape index (κ1) is 33.3. The lowest BCUT2D eigenvalue weighted by molar-refractivity contribution is -0.135. The second-order valence-corrected chi connectivity index (χ2v) is 13.7. The highest BCUT2D eigenvalue weighted by Gasteiger charge is 2.37. The van der Waals surface area contributed by atoms with E-state index in [2.05, 4.69) is 93.2 Å². The third-order valence-corrected chi connectivity index (χ3v) is 10.0. The molecule has 0 bridgehead atoms. The fraction of sp³-hybridized carbons (Fsp3) is 0.350. The minimum absolute atomic E-state index is 0.0958. The van der Waals surface area contributed by atoms with Gasteiger partial charge in [-0.05, 0) is 90.6 Å². The molecule has 258 valence electrons. The van der Waals surface area contributed by atoms with Crippen molar-refractivity contribution in [2.24, 2.45) is 5.92 Å². The van der Waals surface area contributed by atoms with Crippen molar-refractivity contribution in [3.63, 3.8) is 0 Å². The van der Waals surface area contributed by atoms with E-state index in [0.717, 1.165) is 82.2 Å². The number of methoxy groups -OCH3 is 1. The van der Waals surface area contributed by atoms with E-state index in [0.29, 0.717) is 12.6 Å². The number of amides is 2. The molecule has 10 nitrogen and oxygen atoms in total. The molecule has 2 saturated heterocycles. The summed E-state index contributed by atoms with van der Waals surface area (Å²) in [5.41, 5.74) is 9.76. The molecule has 7 rings (SSSR count). The molecule has 2 aromatic heterocycles. The van der Waals surface area contributed by atoms with Crippen molar-refractivity contribution in [3.8, 4) is 44.8 Å². The Morgan fingerprint density at radius 1 is 0.860 bits per heavy atom. The first-order valence-electron chi connectivity index (χ1n) is 17.6. The van der Waals surface area contributed by atoms with Crippen LogP contribution in [-0.4, -0.2) is 63.1 Å². The van der Waals surface area contributed by atoms with Crippen molar-refractivity contribution in [2.75, 3.05) is 20.2 Å². The average molecular weight is 672 g/mol. The molecule has 2 amide bonds. The summed E-state index contributed by atoms with van der Waals surface area (Å²) in [4.78, 5) is 44.1. The van der Waals surface area contributed by atoms with Crippen LogP contribution in [0.1, 0.15) is 68.8 Å². The van der Waals surface area contributed by atoms with Crippen molar-refractivity contribution in [2.45, 2.75) is 64.6 Å². The Bertz CT molecular complexity index is 1960. The van der Waals surface area contributed by atoms with Gasteiger partial charge < -0.3 is 30.2 Å². The minimum Gasteiger partial charge on any atom is -0.453 e. The molecular formula is C40H45N7O3. The standard InChI is InChI=1S/C40H45N7O3/c1-24(2)36(46-40(49)50-4)39(48)47-19-9-13-34(47)38-43-23-33(45-38)29-20-25(3)35(30(21-29)26-10-6-5-7-11-26)28-16-14-27(15-17-28)32-22-42-37(44-32)31-12-8-18-41-31/h5-7,10-11,14-17,20-24,31,34,36,41H,8-9,12-13,18-19H2,1-4H3,(H,42,44)(H,43,45)(H,46,49)/t31-,34-,36-/m0/s1. The molecular weight excluding hydrogens is 626 g/mol. The molecule has 4 heterocycles. The zero-order valence-corrected chi connectivity index (χ0v) is 29.1. The van der Waals surface area contributed by atoms with Gasteiger partial charge in [-0.25, -0.2) is 14.8 Å². The summed E-state index contributed by atoms with van der Waals surface area (Å²) in [5, 5.41) is 6.24. The number of nitrogens with one attached hydrogen (secondary N) is 4. The monoisotopic (exact) mass is 671 g/mol. The molecule has 0 spiro atoms. The highest BCUT2D eigenvalue weighted by Crippen LogP contribution is 2.40. The van der Waals surface area contributed by atoms with Crippen molar-refractivity contribution in [1.29, 1.82) is 0 Å². The van der Waals surface area contributed by atoms with Crippen LogP contribution in [-0.2, 0) is 9.53 Å². The van der Waals surface area contributed by atoms with Crippen LogP contribution in [0.25, 0.3) is 44.8 Å². The fourth-order valence-corrected chi connectivity index (χ4v) is 7.41. The van der Waals surface area contributed by atoms with Crippen molar-refractivity contribution >= 4 is 12.0 Å². The number of aryl methyl sites for hydroxylation is 1. The maximum absolute atomic E-state index is 13.7. The molecule has 2 aliphatic rings. The number of hydrogen-bond donors (Lipinski definition) is 4. The second kappa shape index (κ2) is 14.3. The summed E-state index contributed by atoms with van der Waals surface area (Å²) in [7, 11) is 1.31. The zero-order valence-electron chi connectivity index (χ0n) is 29.1. The SMILES string of the molecule is COC(=O)N[C@H](C(=O)N1CCC[C@H]1c1ncc(-c2cc(C)c(-c3ccc(-c4cnc([C@@H]5CCCN5)[nH]4)cc3)c(-c3ccccc3)c2)[nH]1)C(C)C. The Balaban J connectivity index is 1.18. The Hall–Kier alpha value is -5.22. The van der Waals surface area contributed by atoms with Crippen LogP contribution in [0.5, 0.6) is 0 Å². The molecule has 2 aliphatic heterocycles. The van der Waals surface area contributed by atoms with Gasteiger partial charge in [-0.2, -0.15) is 0 Å². The number of carbonyl (C=O) groups is 2. The third-order valence-electron chi connectivity index (χ3n) is 10.0. The Morgan fingerprint density at radius 3 is 2.26 bits per heavy atom. The van der Waals surface area contributed by atoms with E-state index in [9.17, 15) is 9.59 Å². The number of benzene rings is 3. The number of rotatable bonds is 9. The zero-order chi connectivity index (χ0) is 34.8. The smallest absolute Gasteiger partial charge is 0.407 e. The number of aromatic amines is 2. The molecule has 0 unspecified atom stereocenters. The molecule has 0 saturated carbocycles. The van der Waals surface area contributed by atoms with Crippen molar-refractivity contribution < 1.29 is 14.3 Å². The molecule has 3 aromatic carbocycles. The van der Waals surface area contributed by atoms with Gasteiger partial charge in [-0.1, -0.05) is 68.4 Å². The van der Waals surface area contributed by atoms with E-state index < -0.39 is 12.1 Å². The van der Waals surface area contributed by atoms with Gasteiger partial charge in [-0.15, -0.1) is 0 Å². The molecule has 5 aromatic rings. The lowest BCUT2D eigenvalue weighted by Gasteiger charge is -2.30. The van der Waals surface area contributed by atoms with Gasteiger partial charge in [0.1, 0.15) is 17.7 Å². The number of carbonyl (C=O) groups excluding carboxylic acids is 2. The Kier molecular flexibility index (Phi) is 9.54. The highest BCUT2D eigenvalue weighted by molar-refractivity contribution is 5.90. The van der Waals surface area contributed by atoms with E-state index in [1.165, 1.54) is 19.1 Å². The normalized spacial score (nSPS) is 18.1. The molecule has 10 heteroatoms. The van der Waals surface area contributed by atoms with E-state index in [1.807, 2.05) is 37.2 Å². The predicted molar refractivity (Wildman–Crippen MR) is 195 cm³/mol. The van der Waals surface area contributed by atoms with Crippen LogP contribution >= 0.6 is 0 Å². The van der Waals surface area contributed by atoms with E-state index in [1.54, 1.807) is 0 Å². The summed E-state index contributed by atoms with van der Waals surface area (Å²) < 4.78 is 4.79. The average Bonchev–Trinajstić information content (AvgIpc) is 3.97. The second-order valence-electron chi connectivity index (χ2n) is 13.7. The highest BCUT2D eigenvalue weighted by atomic mass is 16.5. The van der Waals surface area contributed by atoms with Gasteiger partial charge >= 0.3 is 6.09 Å². The number of H-pyrrole nitrogens is 2. The maximum atomic E-state index is 13.7. The lowest BCUT2D eigenvalue weighted by Crippen LogP contribution is -2.51. The molecule has 50 heavy (non-hydrogen) atoms. The van der Waals surface area contributed by atoms with Crippen molar-refractivity contribution in [3.05, 3.63) is 96.3 Å². The minimum atomic E-state index is -0.679. The number of imidazole rings is 2. The largest absolute Gasteiger partial charge is 0.453 e. The number of alkyl carbamates (subject to hydrolysis) is 1. The lowest BCUT2D eigenvalue weighted by atomic mass is 9.88. The molecule has 0 aliphatic carbocycles. The Morgan fingerprint density at radius 2 is 1.56 bits per heavy atom. The summed E-state index contributed by atoms with van der Waals surface area (Å²) >= 11 is 0. The van der Waals surface area contributed by atoms with Gasteiger partial charge in [0, 0.05) is 12.1 Å². The van der Waals surface area contributed by atoms with Crippen LogP contribution in [0, 0.1) is 12.8 Å². The molecule has 3 atom stereocenters. The molecule has 0 radical (unpaired) electrons. The summed E-state index contributed by atoms with van der Waals surface area (Å²) in [6.45, 7) is 7.64. The number of ether oxygens (including phenoxy) is 1. The summed E-state index contributed by atoms with van der Waals surface area (Å²) in [6, 6.07) is 23.0. The van der Waals surface area contributed by atoms with Gasteiger partial charge in [-0.3, -0.25) is 4.79 Å². The molecule has 4 N–H and O–H groups in total. The number of aromatic nitrogens is 4. The fourth-order valence-electron chi connectivity index (χ4n) is 7.41. The number of nitrogens with zero attached hydrogens (tertiary/aromatic N) is 3. The predicted octanol–water partition coefficient (Wildman–Crippen LogP) is 7.58. The topological polar surface area (TPSA) is 128 Å². The van der Waals surface area contributed by atoms with E-state index >= 15 is 0 Å². The van der Waals surface area contributed by atoms with Crippen LogP contribution < -0.4 is 10.6 Å². The number of likely N-dealkylation sites (tertiary alicyclic amines) is 1. The van der Waals surface area contributed by atoms with Crippen LogP contribution in [0.15, 0.2) is 79.1 Å². The van der Waals surface area contributed by atoms with Gasteiger partial charge in [0.2, 0.25) is 5.91 Å². The quantitative estimate of drug-likeness (QED) is 0.128. The first-order chi connectivity index (χ1) is 24.3. The Labute approximate surface area is 293 Å². The van der Waals surface area contributed by atoms with Gasteiger partial charge in [0.05, 0.1) is 43.0 Å². The number of hydrogen-bond acceptors (Lipinski definition) is 6. The third kappa shape index (κ3) is 6.67. The van der Waals surface area contributed by atoms with Crippen molar-refractivity contribution in [1.82, 2.24) is 35.5 Å². The first-order valence-corrected chi connectivity index (χ1v) is 17.6. The summed E-state index contributed by atoms with van der Waals surface area (Å²) in [5.74, 6) is 1.53. The van der Waals surface area contributed by atoms with Crippen LogP contribution in [0.4, 0.5) is 4.79 Å². The van der Waals surface area contributed by atoms with Crippen LogP contribution in [0.3, 0.4) is 0 Å². The van der Waals surface area contributed by atoms with Gasteiger partial charge in [0.25, 0.3) is 0 Å². The summed E-state index contributed by atoms with van der Waals surface area (Å²) in [6.07, 6.45) is 7.12.